The number of methoxy groups -OCH3 is 2. The molecule has 1 rings (SSSR count). The third kappa shape index (κ3) is 7.46. The molecule has 1 N–H and O–H groups in total. The van der Waals surface area contributed by atoms with Crippen LogP contribution in [0.3, 0.4) is 0 Å². The minimum Gasteiger partial charge on any atom is -0.497 e. The summed E-state index contributed by atoms with van der Waals surface area (Å²) in [6, 6.07) is 8.05. The highest BCUT2D eigenvalue weighted by Crippen LogP contribution is 2.22. The third-order valence-corrected chi connectivity index (χ3v) is 3.10. The van der Waals surface area contributed by atoms with Gasteiger partial charge in [0.15, 0.2) is 0 Å². The first kappa shape index (κ1) is 18.0. The number of hydrogen-bond donors (Lipinski definition) is 1. The van der Waals surface area contributed by atoms with Gasteiger partial charge in [0.25, 0.3) is 0 Å². The highest BCUT2D eigenvalue weighted by molar-refractivity contribution is 5.30. The van der Waals surface area contributed by atoms with E-state index >= 15 is 0 Å². The van der Waals surface area contributed by atoms with Crippen LogP contribution in [0, 0.1) is 0 Å². The lowest BCUT2D eigenvalue weighted by Crippen LogP contribution is -2.39. The lowest BCUT2D eigenvalue weighted by atomic mass is 10.1. The van der Waals surface area contributed by atoms with Crippen LogP contribution in [0.1, 0.15) is 38.9 Å². The third-order valence-electron chi connectivity index (χ3n) is 3.10. The van der Waals surface area contributed by atoms with Crippen LogP contribution in [-0.4, -0.2) is 39.5 Å². The maximum absolute atomic E-state index is 6.03. The van der Waals surface area contributed by atoms with Crippen molar-refractivity contribution in [3.8, 4) is 5.75 Å². The molecule has 0 bridgehead atoms. The lowest BCUT2D eigenvalue weighted by Gasteiger charge is -2.26. The first-order valence-corrected chi connectivity index (χ1v) is 7.46. The summed E-state index contributed by atoms with van der Waals surface area (Å²) in [5, 5.41) is 3.50. The smallest absolute Gasteiger partial charge is 0.119 e. The second kappa shape index (κ2) is 9.03. The average molecular weight is 295 g/mol. The predicted molar refractivity (Wildman–Crippen MR) is 85.9 cm³/mol. The van der Waals surface area contributed by atoms with Crippen molar-refractivity contribution in [1.29, 1.82) is 0 Å². The normalized spacial score (nSPS) is 13.2. The lowest BCUT2D eigenvalue weighted by molar-refractivity contribution is 0.0352. The van der Waals surface area contributed by atoms with Gasteiger partial charge in [-0.3, -0.25) is 0 Å². The predicted octanol–water partition coefficient (Wildman–Crippen LogP) is 3.18. The Labute approximate surface area is 128 Å². The van der Waals surface area contributed by atoms with Gasteiger partial charge < -0.3 is 19.5 Å². The zero-order valence-electron chi connectivity index (χ0n) is 13.9. The van der Waals surface area contributed by atoms with Crippen molar-refractivity contribution in [2.45, 2.75) is 38.8 Å². The van der Waals surface area contributed by atoms with E-state index in [-0.39, 0.29) is 11.6 Å². The summed E-state index contributed by atoms with van der Waals surface area (Å²) in [6.07, 6.45) is 0.906. The Kier molecular flexibility index (Phi) is 7.72. The van der Waals surface area contributed by atoms with Crippen molar-refractivity contribution in [2.24, 2.45) is 0 Å². The fraction of sp³-hybridized carbons (Fsp3) is 0.647. The molecule has 0 heterocycles. The molecule has 0 radical (unpaired) electrons. The van der Waals surface area contributed by atoms with E-state index in [1.54, 1.807) is 14.2 Å². The van der Waals surface area contributed by atoms with Gasteiger partial charge in [0.2, 0.25) is 0 Å². The van der Waals surface area contributed by atoms with Gasteiger partial charge in [-0.2, -0.15) is 0 Å². The largest absolute Gasteiger partial charge is 0.497 e. The van der Waals surface area contributed by atoms with E-state index in [9.17, 15) is 0 Å². The van der Waals surface area contributed by atoms with Gasteiger partial charge >= 0.3 is 0 Å². The molecule has 21 heavy (non-hydrogen) atoms. The molecule has 0 aliphatic rings. The van der Waals surface area contributed by atoms with Gasteiger partial charge in [0, 0.05) is 32.4 Å². The van der Waals surface area contributed by atoms with E-state index < -0.39 is 0 Å². The fourth-order valence-corrected chi connectivity index (χ4v) is 1.94. The molecule has 1 atom stereocenters. The number of nitrogens with one attached hydrogen (secondary N) is 1. The molecular formula is C17H29NO3. The molecule has 0 saturated heterocycles. The molecule has 0 fully saturated rings. The summed E-state index contributed by atoms with van der Waals surface area (Å²) < 4.78 is 16.4. The minimum absolute atomic E-state index is 0.0104. The number of rotatable bonds is 9. The first-order chi connectivity index (χ1) is 9.96. The topological polar surface area (TPSA) is 39.7 Å². The molecule has 0 aliphatic heterocycles. The van der Waals surface area contributed by atoms with Crippen LogP contribution >= 0.6 is 0 Å². The van der Waals surface area contributed by atoms with E-state index in [0.29, 0.717) is 6.61 Å². The van der Waals surface area contributed by atoms with Crippen LogP contribution in [0.5, 0.6) is 5.75 Å². The van der Waals surface area contributed by atoms with E-state index in [1.807, 2.05) is 18.2 Å². The molecule has 4 heteroatoms. The molecule has 120 valence electrons. The number of benzene rings is 1. The average Bonchev–Trinajstić information content (AvgIpc) is 2.45. The SMILES string of the molecule is COCCCOC(CNC(C)(C)C)c1cccc(OC)c1. The fourth-order valence-electron chi connectivity index (χ4n) is 1.94. The molecule has 1 aromatic carbocycles. The Morgan fingerprint density at radius 1 is 1.14 bits per heavy atom. The van der Waals surface area contributed by atoms with Crippen LogP contribution in [0.4, 0.5) is 0 Å². The molecule has 1 aromatic rings. The maximum Gasteiger partial charge on any atom is 0.119 e. The Hall–Kier alpha value is -1.10. The van der Waals surface area contributed by atoms with E-state index in [0.717, 1.165) is 30.9 Å². The van der Waals surface area contributed by atoms with Crippen LogP contribution in [0.25, 0.3) is 0 Å². The van der Waals surface area contributed by atoms with Gasteiger partial charge in [-0.15, -0.1) is 0 Å². The quantitative estimate of drug-likeness (QED) is 0.710. The highest BCUT2D eigenvalue weighted by Gasteiger charge is 2.17. The van der Waals surface area contributed by atoms with Crippen LogP contribution in [0.15, 0.2) is 24.3 Å². The zero-order chi connectivity index (χ0) is 15.7. The summed E-state index contributed by atoms with van der Waals surface area (Å²) in [4.78, 5) is 0. The first-order valence-electron chi connectivity index (χ1n) is 7.46. The molecular weight excluding hydrogens is 266 g/mol. The van der Waals surface area contributed by atoms with Gasteiger partial charge in [-0.05, 0) is 44.9 Å². The van der Waals surface area contributed by atoms with Crippen LogP contribution < -0.4 is 10.1 Å². The van der Waals surface area contributed by atoms with Crippen molar-refractivity contribution in [2.75, 3.05) is 34.0 Å². The molecule has 0 aromatic heterocycles. The van der Waals surface area contributed by atoms with Crippen LogP contribution in [0.2, 0.25) is 0 Å². The second-order valence-electron chi connectivity index (χ2n) is 6.11. The maximum atomic E-state index is 6.03. The summed E-state index contributed by atoms with van der Waals surface area (Å²) in [6.45, 7) is 8.63. The molecule has 0 saturated carbocycles. The molecule has 0 spiro atoms. The standard InChI is InChI=1S/C17H29NO3/c1-17(2,3)18-13-16(21-11-7-10-19-4)14-8-6-9-15(12-14)20-5/h6,8-9,12,16,18H,7,10-11,13H2,1-5H3. The Balaban J connectivity index is 2.69. The summed E-state index contributed by atoms with van der Waals surface area (Å²) in [5.74, 6) is 0.855. The Morgan fingerprint density at radius 3 is 2.52 bits per heavy atom. The van der Waals surface area contributed by atoms with E-state index in [4.69, 9.17) is 14.2 Å². The second-order valence-corrected chi connectivity index (χ2v) is 6.11. The van der Waals surface area contributed by atoms with Crippen LogP contribution in [-0.2, 0) is 9.47 Å². The molecule has 1 unspecified atom stereocenters. The zero-order valence-corrected chi connectivity index (χ0v) is 13.9. The highest BCUT2D eigenvalue weighted by atomic mass is 16.5. The van der Waals surface area contributed by atoms with Gasteiger partial charge in [-0.1, -0.05) is 12.1 Å². The Bertz CT molecular complexity index is 401. The van der Waals surface area contributed by atoms with Gasteiger partial charge in [-0.25, -0.2) is 0 Å². The molecule has 4 nitrogen and oxygen atoms in total. The monoisotopic (exact) mass is 295 g/mol. The molecule has 0 aliphatic carbocycles. The minimum atomic E-state index is 0.0104. The van der Waals surface area contributed by atoms with Crippen molar-refractivity contribution in [3.63, 3.8) is 0 Å². The summed E-state index contributed by atoms with van der Waals surface area (Å²) in [7, 11) is 3.39. The summed E-state index contributed by atoms with van der Waals surface area (Å²) >= 11 is 0. The number of ether oxygens (including phenoxy) is 3. The van der Waals surface area contributed by atoms with Crippen molar-refractivity contribution >= 4 is 0 Å². The van der Waals surface area contributed by atoms with Crippen molar-refractivity contribution < 1.29 is 14.2 Å². The van der Waals surface area contributed by atoms with E-state index in [2.05, 4.69) is 32.2 Å². The van der Waals surface area contributed by atoms with Crippen molar-refractivity contribution in [3.05, 3.63) is 29.8 Å². The molecule has 0 amide bonds. The van der Waals surface area contributed by atoms with Gasteiger partial charge in [0.1, 0.15) is 5.75 Å². The van der Waals surface area contributed by atoms with Gasteiger partial charge in [0.05, 0.1) is 13.2 Å². The summed E-state index contributed by atoms with van der Waals surface area (Å²) in [5.41, 5.74) is 1.19. The van der Waals surface area contributed by atoms with Crippen molar-refractivity contribution in [1.82, 2.24) is 5.32 Å². The number of hydrogen-bond acceptors (Lipinski definition) is 4. The Morgan fingerprint density at radius 2 is 1.90 bits per heavy atom. The van der Waals surface area contributed by atoms with E-state index in [1.165, 1.54) is 0 Å².